The molecule has 2 atom stereocenters. The van der Waals surface area contributed by atoms with Gasteiger partial charge in [0.15, 0.2) is 5.69 Å². The van der Waals surface area contributed by atoms with E-state index >= 15 is 0 Å². The van der Waals surface area contributed by atoms with Crippen molar-refractivity contribution in [3.05, 3.63) is 17.0 Å². The van der Waals surface area contributed by atoms with Crippen molar-refractivity contribution in [1.82, 2.24) is 15.5 Å². The third kappa shape index (κ3) is 1.65. The highest BCUT2D eigenvalue weighted by atomic mass is 16.3. The largest absolute Gasteiger partial charge is 0.394 e. The van der Waals surface area contributed by atoms with Gasteiger partial charge in [-0.15, -0.1) is 0 Å². The molecule has 2 unspecified atom stereocenters. The molecule has 1 fully saturated rings. The molecular weight excluding hydrogens is 218 g/mol. The van der Waals surface area contributed by atoms with Gasteiger partial charge in [-0.2, -0.15) is 5.10 Å². The van der Waals surface area contributed by atoms with Crippen LogP contribution in [0.5, 0.6) is 0 Å². The van der Waals surface area contributed by atoms with Crippen molar-refractivity contribution in [2.75, 3.05) is 6.61 Å². The lowest BCUT2D eigenvalue weighted by molar-refractivity contribution is 0.0863. The molecule has 17 heavy (non-hydrogen) atoms. The Morgan fingerprint density at radius 1 is 1.65 bits per heavy atom. The average molecular weight is 235 g/mol. The van der Waals surface area contributed by atoms with Gasteiger partial charge in [0.25, 0.3) is 5.91 Å². The van der Waals surface area contributed by atoms with E-state index in [0.29, 0.717) is 11.6 Å². The van der Waals surface area contributed by atoms with Crippen LogP contribution in [-0.4, -0.2) is 33.4 Å². The number of aromatic amines is 1. The summed E-state index contributed by atoms with van der Waals surface area (Å²) in [6.07, 6.45) is 2.21. The number of amides is 1. The fourth-order valence-electron chi connectivity index (χ4n) is 2.57. The fourth-order valence-corrected chi connectivity index (χ4v) is 2.57. The smallest absolute Gasteiger partial charge is 0.272 e. The summed E-state index contributed by atoms with van der Waals surface area (Å²) in [4.78, 5) is 12.1. The van der Waals surface area contributed by atoms with Crippen LogP contribution in [0.4, 0.5) is 0 Å². The molecule has 0 bridgehead atoms. The number of aromatic nitrogens is 2. The normalized spacial score (nSPS) is 25.4. The number of nitrogens with zero attached hydrogens (tertiary/aromatic N) is 1. The highest BCUT2D eigenvalue weighted by Crippen LogP contribution is 2.55. The summed E-state index contributed by atoms with van der Waals surface area (Å²) in [5.74, 6) is 1.16. The number of aliphatic hydroxyl groups is 1. The van der Waals surface area contributed by atoms with Gasteiger partial charge in [0.05, 0.1) is 12.1 Å². The Kier molecular flexibility index (Phi) is 2.10. The van der Waals surface area contributed by atoms with Crippen molar-refractivity contribution in [3.63, 3.8) is 0 Å². The summed E-state index contributed by atoms with van der Waals surface area (Å²) in [5.41, 5.74) is 2.14. The van der Waals surface area contributed by atoms with Crippen LogP contribution < -0.4 is 5.32 Å². The monoisotopic (exact) mass is 235 g/mol. The van der Waals surface area contributed by atoms with E-state index in [-0.39, 0.29) is 12.5 Å². The molecule has 0 saturated heterocycles. The van der Waals surface area contributed by atoms with Gasteiger partial charge in [-0.1, -0.05) is 0 Å². The van der Waals surface area contributed by atoms with Crippen LogP contribution in [0, 0.1) is 5.92 Å². The van der Waals surface area contributed by atoms with Crippen LogP contribution in [0.2, 0.25) is 0 Å². The van der Waals surface area contributed by atoms with Crippen LogP contribution in [0.3, 0.4) is 0 Å². The van der Waals surface area contributed by atoms with Gasteiger partial charge in [0.2, 0.25) is 0 Å². The summed E-state index contributed by atoms with van der Waals surface area (Å²) in [5, 5.41) is 19.0. The predicted molar refractivity (Wildman–Crippen MR) is 61.8 cm³/mol. The van der Waals surface area contributed by atoms with Gasteiger partial charge >= 0.3 is 0 Å². The molecule has 3 N–H and O–H groups in total. The van der Waals surface area contributed by atoms with Gasteiger partial charge in [-0.25, -0.2) is 0 Å². The molecule has 3 rings (SSSR count). The van der Waals surface area contributed by atoms with E-state index in [2.05, 4.69) is 15.5 Å². The third-order valence-electron chi connectivity index (χ3n) is 3.72. The van der Waals surface area contributed by atoms with Gasteiger partial charge < -0.3 is 10.4 Å². The van der Waals surface area contributed by atoms with E-state index in [1.54, 1.807) is 13.8 Å². The number of carbonyl (C=O) groups excluding carboxylic acids is 1. The quantitative estimate of drug-likeness (QED) is 0.716. The van der Waals surface area contributed by atoms with Crippen molar-refractivity contribution in [3.8, 4) is 0 Å². The SMILES string of the molecule is CC(C)(CO)NC(=O)c1n[nH]c2c1CC1CC21. The Hall–Kier alpha value is -1.36. The number of carbonyl (C=O) groups is 1. The lowest BCUT2D eigenvalue weighted by Gasteiger charge is -2.23. The second-order valence-electron chi connectivity index (χ2n) is 5.77. The van der Waals surface area contributed by atoms with E-state index < -0.39 is 5.54 Å². The summed E-state index contributed by atoms with van der Waals surface area (Å²) in [7, 11) is 0. The molecule has 1 aromatic heterocycles. The first kappa shape index (κ1) is 10.8. The number of H-pyrrole nitrogens is 1. The lowest BCUT2D eigenvalue weighted by atomic mass is 10.1. The number of aliphatic hydroxyl groups excluding tert-OH is 1. The van der Waals surface area contributed by atoms with Crippen molar-refractivity contribution >= 4 is 5.91 Å². The molecule has 0 spiro atoms. The van der Waals surface area contributed by atoms with Crippen LogP contribution in [0.1, 0.15) is 47.9 Å². The first-order valence-electron chi connectivity index (χ1n) is 6.02. The molecule has 1 heterocycles. The third-order valence-corrected chi connectivity index (χ3v) is 3.72. The van der Waals surface area contributed by atoms with Crippen molar-refractivity contribution in [1.29, 1.82) is 0 Å². The highest BCUT2D eigenvalue weighted by Gasteiger charge is 2.48. The van der Waals surface area contributed by atoms with E-state index in [0.717, 1.165) is 23.6 Å². The molecule has 5 nitrogen and oxygen atoms in total. The Morgan fingerprint density at radius 2 is 2.41 bits per heavy atom. The topological polar surface area (TPSA) is 78.0 Å². The standard InChI is InChI=1S/C12H17N3O2/c1-12(2,5-16)13-11(17)10-8-4-6-3-7(6)9(8)14-15-10/h6-7,16H,3-5H2,1-2H3,(H,13,17)(H,14,15). The molecule has 2 aliphatic rings. The first-order valence-corrected chi connectivity index (χ1v) is 6.02. The molecule has 1 saturated carbocycles. The summed E-state index contributed by atoms with van der Waals surface area (Å²) in [6.45, 7) is 3.49. The van der Waals surface area contributed by atoms with Gasteiger partial charge in [-0.05, 0) is 32.6 Å². The lowest BCUT2D eigenvalue weighted by Crippen LogP contribution is -2.46. The van der Waals surface area contributed by atoms with Crippen LogP contribution in [0.25, 0.3) is 0 Å². The minimum Gasteiger partial charge on any atom is -0.394 e. The zero-order chi connectivity index (χ0) is 12.2. The van der Waals surface area contributed by atoms with E-state index in [9.17, 15) is 4.79 Å². The van der Waals surface area contributed by atoms with Gasteiger partial charge in [0, 0.05) is 17.2 Å². The molecular formula is C12H17N3O2. The highest BCUT2D eigenvalue weighted by molar-refractivity contribution is 5.94. The van der Waals surface area contributed by atoms with Crippen molar-refractivity contribution in [2.45, 2.75) is 38.1 Å². The molecule has 92 valence electrons. The van der Waals surface area contributed by atoms with Crippen LogP contribution >= 0.6 is 0 Å². The van der Waals surface area contributed by atoms with Crippen molar-refractivity contribution < 1.29 is 9.90 Å². The Bertz CT molecular complexity index is 478. The molecule has 0 aromatic carbocycles. The minimum atomic E-state index is -0.607. The maximum atomic E-state index is 12.1. The molecule has 0 aliphatic heterocycles. The number of fused-ring (bicyclic) bond motifs is 3. The van der Waals surface area contributed by atoms with E-state index in [4.69, 9.17) is 5.11 Å². The molecule has 0 radical (unpaired) electrons. The number of nitrogens with one attached hydrogen (secondary N) is 2. The predicted octanol–water partition coefficient (Wildman–Crippen LogP) is 0.570. The fraction of sp³-hybridized carbons (Fsp3) is 0.667. The number of hydrogen-bond donors (Lipinski definition) is 3. The summed E-state index contributed by atoms with van der Waals surface area (Å²) in [6, 6.07) is 0. The zero-order valence-electron chi connectivity index (χ0n) is 10.1. The molecule has 5 heteroatoms. The van der Waals surface area contributed by atoms with Gasteiger partial charge in [0.1, 0.15) is 0 Å². The zero-order valence-corrected chi connectivity index (χ0v) is 10.1. The average Bonchev–Trinajstić information content (AvgIpc) is 2.75. The van der Waals surface area contributed by atoms with Crippen LogP contribution in [0.15, 0.2) is 0 Å². The Morgan fingerprint density at radius 3 is 3.12 bits per heavy atom. The molecule has 2 aliphatic carbocycles. The second-order valence-corrected chi connectivity index (χ2v) is 5.77. The van der Waals surface area contributed by atoms with E-state index in [1.807, 2.05) is 0 Å². The molecule has 1 aromatic rings. The minimum absolute atomic E-state index is 0.0867. The number of rotatable bonds is 3. The summed E-state index contributed by atoms with van der Waals surface area (Å²) < 4.78 is 0. The Balaban J connectivity index is 1.81. The van der Waals surface area contributed by atoms with Crippen molar-refractivity contribution in [2.24, 2.45) is 5.92 Å². The Labute approximate surface area is 99.6 Å². The first-order chi connectivity index (χ1) is 8.02. The second kappa shape index (κ2) is 3.32. The summed E-state index contributed by atoms with van der Waals surface area (Å²) >= 11 is 0. The maximum Gasteiger partial charge on any atom is 0.272 e. The maximum absolute atomic E-state index is 12.1. The van der Waals surface area contributed by atoms with E-state index in [1.165, 1.54) is 6.42 Å². The molecule has 1 amide bonds. The number of hydrogen-bond acceptors (Lipinski definition) is 3. The van der Waals surface area contributed by atoms with Gasteiger partial charge in [-0.3, -0.25) is 9.89 Å². The van der Waals surface area contributed by atoms with Crippen LogP contribution in [-0.2, 0) is 6.42 Å².